The maximum absolute atomic E-state index is 13.4. The topological polar surface area (TPSA) is 92.9 Å². The van der Waals surface area contributed by atoms with E-state index in [2.05, 4.69) is 4.98 Å². The number of carboxylic acid groups (broad SMARTS) is 1. The van der Waals surface area contributed by atoms with Crippen LogP contribution in [-0.2, 0) is 4.79 Å². The molecule has 0 aliphatic heterocycles. The molecule has 2 heterocycles. The fourth-order valence-corrected chi connectivity index (χ4v) is 3.66. The summed E-state index contributed by atoms with van der Waals surface area (Å²) in [5.74, 6) is -0.505. The Balaban J connectivity index is 1.71. The van der Waals surface area contributed by atoms with Crippen LogP contribution in [0.15, 0.2) is 65.4 Å². The third-order valence-corrected chi connectivity index (χ3v) is 5.40. The largest absolute Gasteiger partial charge is 0.493 e. The van der Waals surface area contributed by atoms with Gasteiger partial charge in [-0.25, -0.2) is 0 Å². The molecule has 1 unspecified atom stereocenters. The minimum Gasteiger partial charge on any atom is -0.493 e. The number of hydrogen-bond acceptors (Lipinski definition) is 5. The molecule has 8 heteroatoms. The van der Waals surface area contributed by atoms with E-state index in [1.54, 1.807) is 29.4 Å². The molecule has 0 saturated heterocycles. The smallest absolute Gasteiger partial charge is 0.303 e. The third kappa shape index (κ3) is 6.50. The first-order chi connectivity index (χ1) is 16.4. The molecule has 0 aliphatic rings. The Bertz CT molecular complexity index is 1070. The standard InChI is InChI=1S/C26H29BN2O5/c1-18(2)29(26(32)19-13-14-21(28-17-19)23-11-8-16-34-23)25(27)20-9-5-6-10-22(20)33-15-7-3-4-12-24(30)31/h5-6,8-11,13-14,16-18,25H,3-4,7,12,15H2,1-2H3,(H,30,31). The third-order valence-electron chi connectivity index (χ3n) is 5.40. The van der Waals surface area contributed by atoms with Crippen LogP contribution in [0.25, 0.3) is 11.5 Å². The summed E-state index contributed by atoms with van der Waals surface area (Å²) in [6, 6.07) is 14.3. The number of ether oxygens (including phenoxy) is 1. The number of amides is 1. The Labute approximate surface area is 201 Å². The molecule has 0 saturated carbocycles. The molecule has 3 aromatic rings. The molecule has 0 spiro atoms. The van der Waals surface area contributed by atoms with Crippen LogP contribution < -0.4 is 4.74 Å². The number of carbonyl (C=O) groups is 2. The fourth-order valence-electron chi connectivity index (χ4n) is 3.66. The molecule has 34 heavy (non-hydrogen) atoms. The van der Waals surface area contributed by atoms with Crippen molar-refractivity contribution in [1.29, 1.82) is 0 Å². The minimum atomic E-state index is -0.790. The van der Waals surface area contributed by atoms with Crippen molar-refractivity contribution in [2.24, 2.45) is 0 Å². The normalized spacial score (nSPS) is 11.9. The summed E-state index contributed by atoms with van der Waals surface area (Å²) in [5, 5.41) is 8.74. The first-order valence-electron chi connectivity index (χ1n) is 11.4. The van der Waals surface area contributed by atoms with Crippen LogP contribution in [-0.4, -0.2) is 47.4 Å². The van der Waals surface area contributed by atoms with Gasteiger partial charge < -0.3 is 19.2 Å². The van der Waals surface area contributed by atoms with Gasteiger partial charge in [-0.2, -0.15) is 0 Å². The first-order valence-corrected chi connectivity index (χ1v) is 11.4. The summed E-state index contributed by atoms with van der Waals surface area (Å²) in [7, 11) is 6.60. The number of pyridine rings is 1. The van der Waals surface area contributed by atoms with Crippen molar-refractivity contribution in [2.75, 3.05) is 6.61 Å². The Morgan fingerprint density at radius 2 is 1.88 bits per heavy atom. The number of furan rings is 1. The molecule has 1 atom stereocenters. The van der Waals surface area contributed by atoms with E-state index in [9.17, 15) is 9.59 Å². The zero-order valence-electron chi connectivity index (χ0n) is 19.5. The van der Waals surface area contributed by atoms with Gasteiger partial charge in [0, 0.05) is 30.2 Å². The maximum Gasteiger partial charge on any atom is 0.303 e. The van der Waals surface area contributed by atoms with E-state index in [1.807, 2.05) is 44.2 Å². The predicted molar refractivity (Wildman–Crippen MR) is 130 cm³/mol. The van der Waals surface area contributed by atoms with Crippen molar-refractivity contribution >= 4 is 19.7 Å². The van der Waals surface area contributed by atoms with Crippen LogP contribution in [0.2, 0.25) is 0 Å². The van der Waals surface area contributed by atoms with Gasteiger partial charge in [0.25, 0.3) is 5.91 Å². The van der Waals surface area contributed by atoms with Crippen LogP contribution in [0, 0.1) is 0 Å². The fraction of sp³-hybridized carbons (Fsp3) is 0.346. The van der Waals surface area contributed by atoms with Gasteiger partial charge in [0.1, 0.15) is 19.3 Å². The van der Waals surface area contributed by atoms with Crippen LogP contribution in [0.5, 0.6) is 5.75 Å². The average molecular weight is 460 g/mol. The second-order valence-electron chi connectivity index (χ2n) is 8.25. The van der Waals surface area contributed by atoms with Gasteiger partial charge in [0.05, 0.1) is 18.4 Å². The zero-order chi connectivity index (χ0) is 24.5. The van der Waals surface area contributed by atoms with Gasteiger partial charge in [0.2, 0.25) is 0 Å². The van der Waals surface area contributed by atoms with E-state index in [0.29, 0.717) is 41.4 Å². The summed E-state index contributed by atoms with van der Waals surface area (Å²) in [4.78, 5) is 30.0. The Morgan fingerprint density at radius 1 is 1.09 bits per heavy atom. The van der Waals surface area contributed by atoms with E-state index in [-0.39, 0.29) is 18.4 Å². The highest BCUT2D eigenvalue weighted by atomic mass is 16.5. The number of unbranched alkanes of at least 4 members (excludes halogenated alkanes) is 2. The number of hydrogen-bond donors (Lipinski definition) is 1. The van der Waals surface area contributed by atoms with Crippen molar-refractivity contribution < 1.29 is 23.8 Å². The van der Waals surface area contributed by atoms with Gasteiger partial charge in [0.15, 0.2) is 5.76 Å². The van der Waals surface area contributed by atoms with Crippen LogP contribution in [0.1, 0.15) is 61.4 Å². The lowest BCUT2D eigenvalue weighted by Gasteiger charge is -2.34. The highest BCUT2D eigenvalue weighted by Gasteiger charge is 2.27. The summed E-state index contributed by atoms with van der Waals surface area (Å²) in [6.07, 6.45) is 5.37. The van der Waals surface area contributed by atoms with Crippen LogP contribution in [0.4, 0.5) is 0 Å². The molecule has 3 rings (SSSR count). The summed E-state index contributed by atoms with van der Waals surface area (Å²) in [6.45, 7) is 4.26. The molecule has 176 valence electrons. The number of aliphatic carboxylic acids is 1. The quantitative estimate of drug-likeness (QED) is 0.299. The summed E-state index contributed by atoms with van der Waals surface area (Å²) < 4.78 is 11.3. The molecule has 1 amide bonds. The molecule has 2 aromatic heterocycles. The zero-order valence-corrected chi connectivity index (χ0v) is 19.5. The lowest BCUT2D eigenvalue weighted by molar-refractivity contribution is -0.137. The maximum atomic E-state index is 13.4. The number of rotatable bonds is 12. The van der Waals surface area contributed by atoms with E-state index in [0.717, 1.165) is 12.8 Å². The van der Waals surface area contributed by atoms with Crippen LogP contribution in [0.3, 0.4) is 0 Å². The number of nitrogens with zero attached hydrogens (tertiary/aromatic N) is 2. The lowest BCUT2D eigenvalue weighted by Crippen LogP contribution is -2.40. The van der Waals surface area contributed by atoms with Crippen molar-refractivity contribution in [3.63, 3.8) is 0 Å². The predicted octanol–water partition coefficient (Wildman–Crippen LogP) is 5.08. The second kappa shape index (κ2) is 12.1. The summed E-state index contributed by atoms with van der Waals surface area (Å²) in [5.41, 5.74) is 1.77. The van der Waals surface area contributed by atoms with E-state index in [4.69, 9.17) is 22.1 Å². The average Bonchev–Trinajstić information content (AvgIpc) is 3.36. The van der Waals surface area contributed by atoms with Crippen molar-refractivity contribution in [3.8, 4) is 17.2 Å². The number of aromatic nitrogens is 1. The van der Waals surface area contributed by atoms with Crippen molar-refractivity contribution in [2.45, 2.75) is 51.5 Å². The Kier molecular flexibility index (Phi) is 8.90. The molecule has 0 aliphatic carbocycles. The van der Waals surface area contributed by atoms with Crippen molar-refractivity contribution in [3.05, 3.63) is 72.1 Å². The molecular formula is C26H29BN2O5. The molecule has 7 nitrogen and oxygen atoms in total. The highest BCUT2D eigenvalue weighted by Crippen LogP contribution is 2.30. The molecule has 1 N–H and O–H groups in total. The monoisotopic (exact) mass is 460 g/mol. The van der Waals surface area contributed by atoms with E-state index >= 15 is 0 Å². The molecule has 1 aromatic carbocycles. The molecule has 0 fully saturated rings. The Morgan fingerprint density at radius 3 is 2.53 bits per heavy atom. The van der Waals surface area contributed by atoms with E-state index < -0.39 is 11.9 Å². The highest BCUT2D eigenvalue weighted by molar-refractivity contribution is 6.14. The number of carboxylic acids is 1. The van der Waals surface area contributed by atoms with Gasteiger partial charge in [-0.3, -0.25) is 14.6 Å². The van der Waals surface area contributed by atoms with Gasteiger partial charge in [-0.15, -0.1) is 0 Å². The number of benzene rings is 1. The lowest BCUT2D eigenvalue weighted by atomic mass is 9.85. The SMILES string of the molecule is [B]C(c1ccccc1OCCCCCC(=O)O)N(C(=O)c1ccc(-c2ccco2)nc1)C(C)C. The van der Waals surface area contributed by atoms with Gasteiger partial charge in [-0.05, 0) is 63.4 Å². The number of carbonyl (C=O) groups excluding carboxylic acids is 1. The second-order valence-corrected chi connectivity index (χ2v) is 8.25. The molecular weight excluding hydrogens is 431 g/mol. The minimum absolute atomic E-state index is 0.157. The number of para-hydroxylation sites is 1. The van der Waals surface area contributed by atoms with Crippen molar-refractivity contribution in [1.82, 2.24) is 9.88 Å². The molecule has 2 radical (unpaired) electrons. The Hall–Kier alpha value is -3.55. The summed E-state index contributed by atoms with van der Waals surface area (Å²) >= 11 is 0. The van der Waals surface area contributed by atoms with Gasteiger partial charge in [-0.1, -0.05) is 18.2 Å². The van der Waals surface area contributed by atoms with Crippen LogP contribution >= 0.6 is 0 Å². The van der Waals surface area contributed by atoms with Gasteiger partial charge >= 0.3 is 5.97 Å². The molecule has 0 bridgehead atoms. The first kappa shape index (κ1) is 25.1. The van der Waals surface area contributed by atoms with E-state index in [1.165, 1.54) is 6.20 Å².